The minimum absolute atomic E-state index is 0.0511. The zero-order chi connectivity index (χ0) is 21.6. The smallest absolute Gasteiger partial charge is 0.341 e. The molecule has 3 aromatic rings. The Morgan fingerprint density at radius 1 is 1.16 bits per heavy atom. The molecule has 4 heterocycles. The predicted octanol–water partition coefficient (Wildman–Crippen LogP) is 2.57. The lowest BCUT2D eigenvalue weighted by atomic mass is 9.97. The van der Waals surface area contributed by atoms with Crippen molar-refractivity contribution in [1.29, 1.82) is 0 Å². The molecule has 5 rings (SSSR count). The lowest BCUT2D eigenvalue weighted by Crippen LogP contribution is -2.40. The molecule has 1 atom stereocenters. The molecule has 1 amide bonds. The zero-order valence-corrected chi connectivity index (χ0v) is 17.2. The Morgan fingerprint density at radius 2 is 2.00 bits per heavy atom. The predicted molar refractivity (Wildman–Crippen MR) is 103 cm³/mol. The molecule has 31 heavy (non-hydrogen) atoms. The second-order valence-electron chi connectivity index (χ2n) is 7.81. The lowest BCUT2D eigenvalue weighted by Gasteiger charge is -2.32. The number of alkyl halides is 3. The summed E-state index contributed by atoms with van der Waals surface area (Å²) < 4.78 is 42.5. The highest BCUT2D eigenvalue weighted by Gasteiger charge is 2.33. The molecule has 1 aliphatic heterocycles. The van der Waals surface area contributed by atoms with Crippen LogP contribution in [0.15, 0.2) is 23.5 Å². The van der Waals surface area contributed by atoms with Crippen LogP contribution in [0.1, 0.15) is 49.0 Å². The summed E-state index contributed by atoms with van der Waals surface area (Å²) in [7, 11) is 0. The maximum Gasteiger partial charge on any atom is 0.417 e. The summed E-state index contributed by atoms with van der Waals surface area (Å²) in [6.45, 7) is 0.998. The number of pyridine rings is 1. The van der Waals surface area contributed by atoms with Gasteiger partial charge in [-0.1, -0.05) is 11.8 Å². The number of carbonyl (C=O) groups is 1. The van der Waals surface area contributed by atoms with E-state index in [4.69, 9.17) is 0 Å². The molecule has 3 aromatic heterocycles. The van der Waals surface area contributed by atoms with Crippen molar-refractivity contribution < 1.29 is 18.0 Å². The van der Waals surface area contributed by atoms with Gasteiger partial charge in [0.15, 0.2) is 5.65 Å². The number of amides is 1. The van der Waals surface area contributed by atoms with Gasteiger partial charge in [0.25, 0.3) is 0 Å². The molecule has 0 radical (unpaired) electrons. The van der Waals surface area contributed by atoms with E-state index in [-0.39, 0.29) is 17.6 Å². The molecule has 0 bridgehead atoms. The number of halogens is 3. The van der Waals surface area contributed by atoms with E-state index in [0.29, 0.717) is 35.8 Å². The first kappa shape index (κ1) is 20.2. The molecule has 13 heteroatoms. The van der Waals surface area contributed by atoms with Crippen LogP contribution in [0.4, 0.5) is 13.2 Å². The fourth-order valence-corrected chi connectivity index (χ4v) is 4.66. The first-order chi connectivity index (χ1) is 14.9. The first-order valence-electron chi connectivity index (χ1n) is 10.0. The van der Waals surface area contributed by atoms with Crippen molar-refractivity contribution >= 4 is 23.3 Å². The molecule has 0 N–H and O–H groups in total. The fraction of sp³-hybridized carbons (Fsp3) is 0.556. The number of fused-ring (bicyclic) bond motifs is 1. The van der Waals surface area contributed by atoms with E-state index >= 15 is 0 Å². The van der Waals surface area contributed by atoms with Crippen LogP contribution >= 0.6 is 11.8 Å². The van der Waals surface area contributed by atoms with E-state index < -0.39 is 11.7 Å². The standard InChI is InChI=1S/C18H19F3N8OS/c19-18(20,21)12-3-6-14-22-23-16(28(14)9-12)11-2-1-7-27(8-11)15(30)10-31-17-24-25-26-29(17)13-4-5-13/h3,6,9,11,13H,1-2,4-5,7-8,10H2. The van der Waals surface area contributed by atoms with E-state index in [2.05, 4.69) is 25.7 Å². The van der Waals surface area contributed by atoms with Gasteiger partial charge in [-0.25, -0.2) is 4.68 Å². The van der Waals surface area contributed by atoms with E-state index in [0.717, 1.165) is 37.9 Å². The summed E-state index contributed by atoms with van der Waals surface area (Å²) in [5, 5.41) is 20.4. The zero-order valence-electron chi connectivity index (χ0n) is 16.4. The summed E-state index contributed by atoms with van der Waals surface area (Å²) in [6, 6.07) is 2.64. The van der Waals surface area contributed by atoms with Gasteiger partial charge in [0, 0.05) is 25.2 Å². The Morgan fingerprint density at radius 3 is 2.77 bits per heavy atom. The van der Waals surface area contributed by atoms with Gasteiger partial charge in [0.05, 0.1) is 17.4 Å². The van der Waals surface area contributed by atoms with Crippen molar-refractivity contribution in [2.45, 2.75) is 49.0 Å². The van der Waals surface area contributed by atoms with Gasteiger partial charge in [-0.3, -0.25) is 9.20 Å². The summed E-state index contributed by atoms with van der Waals surface area (Å²) in [5.74, 6) is 0.422. The largest absolute Gasteiger partial charge is 0.417 e. The van der Waals surface area contributed by atoms with Crippen molar-refractivity contribution in [3.63, 3.8) is 0 Å². The summed E-state index contributed by atoms with van der Waals surface area (Å²) in [6.07, 6.45) is 0.143. The third-order valence-electron chi connectivity index (χ3n) is 5.58. The SMILES string of the molecule is O=C(CSc1nnnn1C1CC1)N1CCCC(c2nnc3ccc(C(F)(F)F)cn23)C1. The third kappa shape index (κ3) is 4.10. The van der Waals surface area contributed by atoms with Gasteiger partial charge in [-0.2, -0.15) is 13.2 Å². The molecule has 1 saturated heterocycles. The van der Waals surface area contributed by atoms with Crippen molar-refractivity contribution in [3.8, 4) is 0 Å². The molecule has 1 aliphatic carbocycles. The van der Waals surface area contributed by atoms with E-state index in [1.54, 1.807) is 9.58 Å². The van der Waals surface area contributed by atoms with Gasteiger partial charge in [-0.15, -0.1) is 15.3 Å². The molecule has 0 aromatic carbocycles. The maximum atomic E-state index is 13.1. The van der Waals surface area contributed by atoms with E-state index in [9.17, 15) is 18.0 Å². The van der Waals surface area contributed by atoms with Gasteiger partial charge in [-0.05, 0) is 48.2 Å². The Balaban J connectivity index is 1.28. The molecule has 9 nitrogen and oxygen atoms in total. The Labute approximate surface area is 179 Å². The average molecular weight is 452 g/mol. The lowest BCUT2D eigenvalue weighted by molar-refractivity contribution is -0.137. The molecule has 164 valence electrons. The number of aromatic nitrogens is 7. The second-order valence-corrected chi connectivity index (χ2v) is 8.75. The maximum absolute atomic E-state index is 13.1. The van der Waals surface area contributed by atoms with Crippen molar-refractivity contribution in [2.75, 3.05) is 18.8 Å². The van der Waals surface area contributed by atoms with Gasteiger partial charge < -0.3 is 4.90 Å². The fourth-order valence-electron chi connectivity index (χ4n) is 3.82. The van der Waals surface area contributed by atoms with Crippen LogP contribution in [0.5, 0.6) is 0 Å². The second kappa shape index (κ2) is 7.77. The molecule has 1 saturated carbocycles. The number of nitrogens with zero attached hydrogens (tertiary/aromatic N) is 8. The number of rotatable bonds is 5. The monoisotopic (exact) mass is 452 g/mol. The Bertz CT molecular complexity index is 1110. The van der Waals surface area contributed by atoms with Crippen LogP contribution in [0, 0.1) is 0 Å². The number of carbonyl (C=O) groups excluding carboxylic acids is 1. The van der Waals surface area contributed by atoms with Crippen LogP contribution < -0.4 is 0 Å². The molecule has 1 unspecified atom stereocenters. The highest BCUT2D eigenvalue weighted by atomic mass is 32.2. The van der Waals surface area contributed by atoms with Gasteiger partial charge in [0.1, 0.15) is 5.82 Å². The van der Waals surface area contributed by atoms with Crippen LogP contribution in [0.2, 0.25) is 0 Å². The summed E-state index contributed by atoms with van der Waals surface area (Å²) >= 11 is 1.31. The molecule has 0 spiro atoms. The topological polar surface area (TPSA) is 94.1 Å². The quantitative estimate of drug-likeness (QED) is 0.549. The highest BCUT2D eigenvalue weighted by molar-refractivity contribution is 7.99. The number of likely N-dealkylation sites (tertiary alicyclic amines) is 1. The van der Waals surface area contributed by atoms with Gasteiger partial charge in [0.2, 0.25) is 11.1 Å². The average Bonchev–Trinajstić information content (AvgIpc) is 3.33. The highest BCUT2D eigenvalue weighted by Crippen LogP contribution is 2.36. The van der Waals surface area contributed by atoms with Gasteiger partial charge >= 0.3 is 6.18 Å². The first-order valence-corrected chi connectivity index (χ1v) is 11.0. The number of thioether (sulfide) groups is 1. The number of hydrogen-bond acceptors (Lipinski definition) is 7. The molecular weight excluding hydrogens is 433 g/mol. The van der Waals surface area contributed by atoms with Crippen LogP contribution in [-0.2, 0) is 11.0 Å². The number of hydrogen-bond donors (Lipinski definition) is 0. The van der Waals surface area contributed by atoms with Crippen molar-refractivity contribution in [1.82, 2.24) is 39.7 Å². The molecule has 2 fully saturated rings. The van der Waals surface area contributed by atoms with Crippen molar-refractivity contribution in [3.05, 3.63) is 29.7 Å². The number of tetrazole rings is 1. The molecular formula is C18H19F3N8OS. The Kier molecular flexibility index (Phi) is 5.07. The minimum Gasteiger partial charge on any atom is -0.341 e. The van der Waals surface area contributed by atoms with Crippen LogP contribution in [-0.4, -0.2) is 64.5 Å². The van der Waals surface area contributed by atoms with Crippen LogP contribution in [0.25, 0.3) is 5.65 Å². The summed E-state index contributed by atoms with van der Waals surface area (Å²) in [4.78, 5) is 14.5. The van der Waals surface area contributed by atoms with E-state index in [1.807, 2.05) is 0 Å². The normalized spacial score (nSPS) is 19.8. The third-order valence-corrected chi connectivity index (χ3v) is 6.49. The van der Waals surface area contributed by atoms with Crippen LogP contribution in [0.3, 0.4) is 0 Å². The number of piperidine rings is 1. The summed E-state index contributed by atoms with van der Waals surface area (Å²) in [5.41, 5.74) is -0.400. The Hall–Kier alpha value is -2.70. The van der Waals surface area contributed by atoms with E-state index in [1.165, 1.54) is 22.2 Å². The van der Waals surface area contributed by atoms with Crippen molar-refractivity contribution in [2.24, 2.45) is 0 Å². The molecule has 2 aliphatic rings. The minimum atomic E-state index is -4.45.